The van der Waals surface area contributed by atoms with Gasteiger partial charge in [0.15, 0.2) is 0 Å². The van der Waals surface area contributed by atoms with Crippen LogP contribution in [0.3, 0.4) is 0 Å². The first-order valence-electron chi connectivity index (χ1n) is 14.2. The molecule has 4 aromatic carbocycles. The monoisotopic (exact) mass is 573 g/mol. The summed E-state index contributed by atoms with van der Waals surface area (Å²) in [5, 5.41) is 6.51. The van der Waals surface area contributed by atoms with Gasteiger partial charge in [-0.2, -0.15) is 0 Å². The van der Waals surface area contributed by atoms with Gasteiger partial charge in [0.25, 0.3) is 0 Å². The minimum Gasteiger partial charge on any atom is -0.456 e. The number of benzene rings is 4. The van der Waals surface area contributed by atoms with Crippen molar-refractivity contribution in [1.82, 2.24) is 10.6 Å². The Bertz CT molecular complexity index is 1350. The van der Waals surface area contributed by atoms with Crippen molar-refractivity contribution in [2.75, 3.05) is 0 Å². The molecule has 219 valence electrons. The molecule has 0 amide bonds. The number of hydrogen-bond donors (Lipinski definition) is 2. The lowest BCUT2D eigenvalue weighted by Gasteiger charge is -2.27. The van der Waals surface area contributed by atoms with Gasteiger partial charge in [-0.15, -0.1) is 0 Å². The smallest absolute Gasteiger partial charge is 0.354 e. The molecule has 6 nitrogen and oxygen atoms in total. The van der Waals surface area contributed by atoms with Crippen molar-refractivity contribution >= 4 is 11.9 Å². The predicted molar refractivity (Wildman–Crippen MR) is 169 cm³/mol. The number of esters is 2. The maximum absolute atomic E-state index is 12.8. The van der Waals surface area contributed by atoms with Crippen LogP contribution in [0, 0.1) is 6.42 Å². The Morgan fingerprint density at radius 1 is 0.535 bits per heavy atom. The lowest BCUT2D eigenvalue weighted by Crippen LogP contribution is -2.43. The fourth-order valence-electron chi connectivity index (χ4n) is 4.54. The highest BCUT2D eigenvalue weighted by atomic mass is 16.5. The van der Waals surface area contributed by atoms with E-state index in [0.717, 1.165) is 22.3 Å². The van der Waals surface area contributed by atoms with Gasteiger partial charge in [0.05, 0.1) is 0 Å². The zero-order valence-corrected chi connectivity index (χ0v) is 24.2. The van der Waals surface area contributed by atoms with E-state index in [9.17, 15) is 9.59 Å². The number of nitrogens with one attached hydrogen (secondary N) is 2. The molecule has 0 spiro atoms. The third-order valence-electron chi connectivity index (χ3n) is 6.70. The van der Waals surface area contributed by atoms with Crippen molar-refractivity contribution in [1.29, 1.82) is 0 Å². The molecule has 0 aliphatic heterocycles. The van der Waals surface area contributed by atoms with Gasteiger partial charge in [-0.1, -0.05) is 134 Å². The molecule has 0 aromatic heterocycles. The van der Waals surface area contributed by atoms with Gasteiger partial charge in [0.2, 0.25) is 0 Å². The van der Waals surface area contributed by atoms with Crippen LogP contribution in [0.25, 0.3) is 0 Å². The van der Waals surface area contributed by atoms with Crippen LogP contribution in [-0.2, 0) is 45.1 Å². The quantitative estimate of drug-likeness (QED) is 0.125. The van der Waals surface area contributed by atoms with E-state index in [1.165, 1.54) is 0 Å². The summed E-state index contributed by atoms with van der Waals surface area (Å²) < 4.78 is 11.0. The molecule has 1 radical (unpaired) electrons. The second-order valence-electron chi connectivity index (χ2n) is 10.2. The average molecular weight is 574 g/mol. The van der Waals surface area contributed by atoms with Gasteiger partial charge in [0.1, 0.15) is 24.6 Å². The second kappa shape index (κ2) is 16.4. The van der Waals surface area contributed by atoms with Crippen molar-refractivity contribution in [3.8, 4) is 0 Å². The summed E-state index contributed by atoms with van der Waals surface area (Å²) in [6.45, 7) is 8.23. The third-order valence-corrected chi connectivity index (χ3v) is 6.70. The molecule has 4 aromatic rings. The van der Waals surface area contributed by atoms with Gasteiger partial charge in [-0.05, 0) is 35.1 Å². The first-order chi connectivity index (χ1) is 21.0. The van der Waals surface area contributed by atoms with Crippen LogP contribution < -0.4 is 10.6 Å². The molecule has 2 atom stereocenters. The summed E-state index contributed by atoms with van der Waals surface area (Å²) in [4.78, 5) is 25.7. The Morgan fingerprint density at radius 3 is 1.16 bits per heavy atom. The van der Waals surface area contributed by atoms with Crippen molar-refractivity contribution in [3.63, 3.8) is 0 Å². The molecular weight excluding hydrogens is 536 g/mol. The average Bonchev–Trinajstić information content (AvgIpc) is 3.04. The second-order valence-corrected chi connectivity index (χ2v) is 10.2. The Balaban J connectivity index is 1.45. The van der Waals surface area contributed by atoms with Crippen molar-refractivity contribution in [2.45, 2.75) is 38.1 Å². The maximum Gasteiger partial charge on any atom is 0.354 e. The first kappa shape index (κ1) is 30.8. The highest BCUT2D eigenvalue weighted by molar-refractivity contribution is 5.87. The molecule has 0 aliphatic carbocycles. The van der Waals surface area contributed by atoms with Crippen LogP contribution in [0.1, 0.15) is 22.3 Å². The van der Waals surface area contributed by atoms with Crippen LogP contribution in [0.2, 0.25) is 0 Å². The third kappa shape index (κ3) is 10.7. The maximum atomic E-state index is 12.8. The van der Waals surface area contributed by atoms with E-state index >= 15 is 0 Å². The topological polar surface area (TPSA) is 76.7 Å². The van der Waals surface area contributed by atoms with Gasteiger partial charge in [-0.25, -0.2) is 9.59 Å². The van der Waals surface area contributed by atoms with E-state index in [1.54, 1.807) is 0 Å². The first-order valence-corrected chi connectivity index (χ1v) is 14.2. The molecule has 43 heavy (non-hydrogen) atoms. The van der Waals surface area contributed by atoms with Crippen LogP contribution in [-0.4, -0.2) is 24.0 Å². The summed E-state index contributed by atoms with van der Waals surface area (Å²) in [6, 6.07) is 38.2. The van der Waals surface area contributed by atoms with E-state index < -0.39 is 11.9 Å². The normalized spacial score (nSPS) is 11.9. The fraction of sp³-hybridized carbons (Fsp3) is 0.162. The number of hydrogen-bond acceptors (Lipinski definition) is 6. The molecule has 0 aliphatic rings. The number of carbonyl (C=O) groups is 2. The minimum atomic E-state index is -0.531. The van der Waals surface area contributed by atoms with Crippen LogP contribution in [0.15, 0.2) is 146 Å². The molecular formula is C37H37N2O4. The Morgan fingerprint density at radius 2 is 0.837 bits per heavy atom. The fourth-order valence-corrected chi connectivity index (χ4v) is 4.54. The van der Waals surface area contributed by atoms with Gasteiger partial charge >= 0.3 is 11.9 Å². The van der Waals surface area contributed by atoms with E-state index in [2.05, 4.69) is 23.8 Å². The van der Waals surface area contributed by atoms with Crippen molar-refractivity contribution < 1.29 is 19.1 Å². The largest absolute Gasteiger partial charge is 0.456 e. The number of rotatable bonds is 16. The predicted octanol–water partition coefficient (Wildman–Crippen LogP) is 6.11. The molecule has 4 rings (SSSR count). The van der Waals surface area contributed by atoms with E-state index in [4.69, 9.17) is 9.47 Å². The zero-order valence-electron chi connectivity index (χ0n) is 24.2. The number of carbonyl (C=O) groups excluding carboxylic acids is 2. The summed E-state index contributed by atoms with van der Waals surface area (Å²) in [5.74, 6) is -1.06. The lowest BCUT2D eigenvalue weighted by molar-refractivity contribution is -0.141. The van der Waals surface area contributed by atoms with Crippen LogP contribution in [0.4, 0.5) is 0 Å². The molecule has 0 saturated heterocycles. The van der Waals surface area contributed by atoms with Crippen molar-refractivity contribution in [3.05, 3.63) is 175 Å². The molecule has 0 bridgehead atoms. The molecule has 2 unspecified atom stereocenters. The van der Waals surface area contributed by atoms with Gasteiger partial charge in [-0.3, -0.25) is 0 Å². The van der Waals surface area contributed by atoms with E-state index in [-0.39, 0.29) is 36.7 Å². The number of ether oxygens (including phenoxy) is 2. The molecule has 0 heterocycles. The Hall–Kier alpha value is -5.10. The summed E-state index contributed by atoms with van der Waals surface area (Å²) in [6.07, 6.45) is 3.18. The van der Waals surface area contributed by atoms with Crippen LogP contribution >= 0.6 is 0 Å². The highest BCUT2D eigenvalue weighted by Crippen LogP contribution is 2.15. The van der Waals surface area contributed by atoms with E-state index in [0.29, 0.717) is 12.8 Å². The van der Waals surface area contributed by atoms with Gasteiger partial charge in [0, 0.05) is 18.5 Å². The summed E-state index contributed by atoms with van der Waals surface area (Å²) in [5.41, 5.74) is 4.21. The van der Waals surface area contributed by atoms with Crippen molar-refractivity contribution in [2.24, 2.45) is 0 Å². The molecule has 2 N–H and O–H groups in total. The standard InChI is InChI=1S/C37H37N2O4/c1-28(36(40)42-26-32-19-11-5-12-20-32)38-34(23-30-15-7-3-8-16-30)25-35(24-31-17-9-4-10-18-31)39-29(2)37(41)43-27-33-21-13-6-14-22-33/h3-22,25,34-35,38-39H,1-2,23-24,26-27H2. The zero-order chi connectivity index (χ0) is 30.3. The Labute approximate surface area is 254 Å². The molecule has 6 heteroatoms. The summed E-state index contributed by atoms with van der Waals surface area (Å²) in [7, 11) is 0. The molecule has 0 fully saturated rings. The lowest BCUT2D eigenvalue weighted by atomic mass is 9.94. The van der Waals surface area contributed by atoms with Gasteiger partial charge < -0.3 is 20.1 Å². The highest BCUT2D eigenvalue weighted by Gasteiger charge is 2.23. The van der Waals surface area contributed by atoms with Crippen LogP contribution in [0.5, 0.6) is 0 Å². The van der Waals surface area contributed by atoms with E-state index in [1.807, 2.05) is 128 Å². The summed E-state index contributed by atoms with van der Waals surface area (Å²) >= 11 is 0. The molecule has 0 saturated carbocycles. The Kier molecular flexibility index (Phi) is 11.7. The minimum absolute atomic E-state index is 0.146. The SMILES string of the molecule is C=C(NC([CH]C(Cc1ccccc1)NC(=C)C(=O)OCc1ccccc1)Cc1ccccc1)C(=O)OCc1ccccc1.